The maximum absolute atomic E-state index is 14.1. The molecule has 416 valence electrons. The Morgan fingerprint density at radius 1 is 0.658 bits per heavy atom. The molecule has 1 saturated heterocycles. The van der Waals surface area contributed by atoms with Crippen LogP contribution < -0.4 is 46.0 Å². The summed E-state index contributed by atoms with van der Waals surface area (Å²) >= 11 is 21.5. The number of hydrogen-bond donors (Lipinski definition) is 9. The second kappa shape index (κ2) is 29.3. The molecule has 0 unspecified atom stereocenters. The van der Waals surface area contributed by atoms with Crippen molar-refractivity contribution in [3.63, 3.8) is 0 Å². The van der Waals surface area contributed by atoms with E-state index in [9.17, 15) is 75.0 Å². The third kappa shape index (κ3) is 22.4. The molecule has 8 amide bonds. The van der Waals surface area contributed by atoms with Gasteiger partial charge in [-0.1, -0.05) is 70.7 Å². The lowest BCUT2D eigenvalue weighted by atomic mass is 10.0. The summed E-state index contributed by atoms with van der Waals surface area (Å²) in [7, 11) is -9.52. The predicted octanol–water partition coefficient (Wildman–Crippen LogP) is -0.689. The highest BCUT2D eigenvalue weighted by Crippen LogP contribution is 2.21. The number of primary amides is 1. The number of benzene rings is 2. The van der Waals surface area contributed by atoms with Gasteiger partial charge in [0.15, 0.2) is 0 Å². The molecule has 1 aliphatic rings. The fraction of sp³-hybridized carbons (Fsp3) is 0.381. The van der Waals surface area contributed by atoms with Crippen molar-refractivity contribution in [3.05, 3.63) is 81.2 Å². The van der Waals surface area contributed by atoms with Crippen LogP contribution in [0.25, 0.3) is 0 Å². The number of aliphatic carboxylic acids is 2. The van der Waals surface area contributed by atoms with Crippen molar-refractivity contribution < 1.29 is 91.7 Å². The SMILES string of the molecule is CC(=O)N[C@@H](CC(=O)O)C(=O)N[C@@H](Cc1ccc(OS(=O)(=O)OC=C(Cl)Cl)cc1)C(=O)N[C@@H](CC(=O)O)C(=O)N[C@@H](Cc1ccc(OS(=O)(=O)OC=C(Cl)Cl)cc1)C(=O)NCC(=O)N[C@@H](C)C(=O)N1CCC[C@H]1C(N)=O. The number of nitrogens with two attached hydrogens (primary N) is 1. The van der Waals surface area contributed by atoms with E-state index in [1.807, 2.05) is 0 Å². The molecule has 1 aliphatic heterocycles. The molecule has 10 N–H and O–H groups in total. The van der Waals surface area contributed by atoms with E-state index in [4.69, 9.17) is 60.5 Å². The topological polar surface area (TPSA) is 418 Å². The number of likely N-dealkylation sites (tertiary alicyclic amines) is 1. The summed E-state index contributed by atoms with van der Waals surface area (Å²) in [6.45, 7) is 1.64. The van der Waals surface area contributed by atoms with Gasteiger partial charge in [-0.25, -0.2) is 0 Å². The molecule has 0 bridgehead atoms. The molecule has 2 aromatic rings. The number of carboxylic acid groups (broad SMARTS) is 2. The standard InChI is InChI=1S/C42H48Cl4N8O20S2/c1-21(42(66)54-13-3-4-31(54)37(47)61)49-34(56)18-48-38(62)27(14-23-5-9-25(10-6-23)73-75(67,68)71-19-32(43)44)51-41(65)30(17-36(59)60)53-39(63)28(52-40(64)29(16-35(57)58)50-22(2)55)15-24-7-11-26(12-8-24)74-76(69,70)72-20-33(45)46/h5-12,19-21,27-31H,3-4,13-18H2,1-2H3,(H2,47,61)(H,48,62)(H,49,56)(H,50,55)(H,51,65)(H,52,64)(H,53,63)(H,57,58)(H,59,60)/t21-,27-,28-,29-,30-,31-/m0/s1. The summed E-state index contributed by atoms with van der Waals surface area (Å²) in [5.74, 6) is -12.1. The van der Waals surface area contributed by atoms with Crippen molar-refractivity contribution in [3.8, 4) is 11.5 Å². The Hall–Kier alpha value is -7.12. The third-order valence-corrected chi connectivity index (χ3v) is 11.8. The molecule has 0 radical (unpaired) electrons. The molecule has 2 aromatic carbocycles. The van der Waals surface area contributed by atoms with E-state index in [0.29, 0.717) is 25.4 Å². The Kier molecular flexibility index (Phi) is 24.3. The molecular formula is C42H48Cl4N8O20S2. The minimum Gasteiger partial charge on any atom is -0.481 e. The van der Waals surface area contributed by atoms with E-state index in [1.54, 1.807) is 0 Å². The second-order valence-electron chi connectivity index (χ2n) is 15.9. The second-order valence-corrected chi connectivity index (χ2v) is 20.3. The number of halogens is 4. The molecule has 28 nitrogen and oxygen atoms in total. The molecule has 6 atom stereocenters. The van der Waals surface area contributed by atoms with Gasteiger partial charge in [0.25, 0.3) is 0 Å². The largest absolute Gasteiger partial charge is 0.500 e. The summed E-state index contributed by atoms with van der Waals surface area (Å²) in [5.41, 5.74) is 5.68. The molecule has 1 heterocycles. The van der Waals surface area contributed by atoms with Crippen molar-refractivity contribution in [1.82, 2.24) is 36.8 Å². The Balaban J connectivity index is 1.96. The number of carbonyl (C=O) groups is 10. The Bertz CT molecular complexity index is 2780. The van der Waals surface area contributed by atoms with Crippen molar-refractivity contribution in [2.24, 2.45) is 5.73 Å². The van der Waals surface area contributed by atoms with Gasteiger partial charge in [-0.05, 0) is 55.2 Å². The van der Waals surface area contributed by atoms with Crippen molar-refractivity contribution in [2.45, 2.75) is 88.6 Å². The highest BCUT2D eigenvalue weighted by molar-refractivity contribution is 7.82. The van der Waals surface area contributed by atoms with Gasteiger partial charge in [-0.15, -0.1) is 16.8 Å². The first-order valence-corrected chi connectivity index (χ1v) is 25.9. The van der Waals surface area contributed by atoms with Crippen LogP contribution >= 0.6 is 46.4 Å². The molecule has 3 rings (SSSR count). The van der Waals surface area contributed by atoms with Gasteiger partial charge in [0.1, 0.15) is 69.3 Å². The van der Waals surface area contributed by atoms with E-state index in [-0.39, 0.29) is 29.2 Å². The van der Waals surface area contributed by atoms with E-state index in [2.05, 4.69) is 40.3 Å². The van der Waals surface area contributed by atoms with Crippen LogP contribution in [0.15, 0.2) is 70.0 Å². The van der Waals surface area contributed by atoms with Crippen LogP contribution in [0.3, 0.4) is 0 Å². The lowest BCUT2D eigenvalue weighted by molar-refractivity contribution is -0.141. The van der Waals surface area contributed by atoms with Crippen molar-refractivity contribution in [2.75, 3.05) is 13.1 Å². The minimum absolute atomic E-state index is 0.117. The maximum atomic E-state index is 14.1. The molecule has 0 aliphatic carbocycles. The van der Waals surface area contributed by atoms with E-state index < -0.39 is 157 Å². The lowest BCUT2D eigenvalue weighted by Crippen LogP contribution is -2.59. The number of nitrogens with one attached hydrogen (secondary N) is 6. The van der Waals surface area contributed by atoms with Crippen molar-refractivity contribution in [1.29, 1.82) is 0 Å². The van der Waals surface area contributed by atoms with Crippen LogP contribution in [0.5, 0.6) is 11.5 Å². The van der Waals surface area contributed by atoms with Crippen molar-refractivity contribution >= 4 is 126 Å². The van der Waals surface area contributed by atoms with Gasteiger partial charge in [0, 0.05) is 26.3 Å². The molecule has 0 saturated carbocycles. The predicted molar refractivity (Wildman–Crippen MR) is 264 cm³/mol. The van der Waals surface area contributed by atoms with Gasteiger partial charge in [0.2, 0.25) is 47.3 Å². The smallest absolute Gasteiger partial charge is 0.481 e. The maximum Gasteiger partial charge on any atom is 0.500 e. The number of rotatable bonds is 29. The average Bonchev–Trinajstić information content (AvgIpc) is 3.82. The molecule has 1 fully saturated rings. The Labute approximate surface area is 452 Å². The molecule has 0 aromatic heterocycles. The first kappa shape index (κ1) is 63.2. The minimum atomic E-state index is -4.76. The van der Waals surface area contributed by atoms with Crippen LogP contribution in [0.2, 0.25) is 0 Å². The van der Waals surface area contributed by atoms with Gasteiger partial charge < -0.3 is 69.5 Å². The van der Waals surface area contributed by atoms with Gasteiger partial charge in [0.05, 0.1) is 19.4 Å². The number of hydrogen-bond acceptors (Lipinski definition) is 18. The van der Waals surface area contributed by atoms with Gasteiger partial charge >= 0.3 is 32.7 Å². The fourth-order valence-corrected chi connectivity index (χ4v) is 8.36. The number of amides is 8. The van der Waals surface area contributed by atoms with Crippen LogP contribution in [0.1, 0.15) is 50.7 Å². The molecule has 0 spiro atoms. The molecular weight excluding hydrogens is 1140 g/mol. The summed E-state index contributed by atoms with van der Waals surface area (Å²) in [6.07, 6.45) is -1.55. The average molecular weight is 1190 g/mol. The highest BCUT2D eigenvalue weighted by atomic mass is 35.5. The quantitative estimate of drug-likeness (QED) is 0.0455. The normalized spacial score (nSPS) is 15.0. The molecule has 76 heavy (non-hydrogen) atoms. The van der Waals surface area contributed by atoms with E-state index in [0.717, 1.165) is 31.2 Å². The van der Waals surface area contributed by atoms with Gasteiger partial charge in [-0.3, -0.25) is 47.9 Å². The summed E-state index contributed by atoms with van der Waals surface area (Å²) in [4.78, 5) is 130. The fourth-order valence-electron chi connectivity index (χ4n) is 6.77. The number of carbonyl (C=O) groups excluding carboxylic acids is 8. The van der Waals surface area contributed by atoms with Crippen LogP contribution in [0.4, 0.5) is 0 Å². The first-order valence-electron chi connectivity index (χ1n) is 21.7. The molecule has 34 heteroatoms. The number of carboxylic acids is 2. The van der Waals surface area contributed by atoms with Crippen LogP contribution in [0, 0.1) is 0 Å². The summed E-state index contributed by atoms with van der Waals surface area (Å²) < 4.78 is 65.8. The Morgan fingerprint density at radius 2 is 1.07 bits per heavy atom. The van der Waals surface area contributed by atoms with Crippen LogP contribution in [-0.2, 0) is 90.0 Å². The van der Waals surface area contributed by atoms with E-state index >= 15 is 0 Å². The summed E-state index contributed by atoms with van der Waals surface area (Å²) in [6, 6.07) is -0.415. The third-order valence-electron chi connectivity index (χ3n) is 10.0. The van der Waals surface area contributed by atoms with E-state index in [1.165, 1.54) is 36.1 Å². The zero-order valence-corrected chi connectivity index (χ0v) is 44.1. The zero-order chi connectivity index (χ0) is 57.1. The first-order chi connectivity index (χ1) is 35.4. The monoisotopic (exact) mass is 1190 g/mol. The summed E-state index contributed by atoms with van der Waals surface area (Å²) in [5, 5.41) is 32.7. The zero-order valence-electron chi connectivity index (χ0n) is 39.5. The van der Waals surface area contributed by atoms with Crippen LogP contribution in [-0.4, -0.2) is 140 Å². The van der Waals surface area contributed by atoms with Gasteiger partial charge in [-0.2, -0.15) is 0 Å². The lowest BCUT2D eigenvalue weighted by Gasteiger charge is -2.26. The number of nitrogens with zero attached hydrogens (tertiary/aromatic N) is 1. The highest BCUT2D eigenvalue weighted by Gasteiger charge is 2.36. The Morgan fingerprint density at radius 3 is 1.47 bits per heavy atom.